The summed E-state index contributed by atoms with van der Waals surface area (Å²) >= 11 is 0. The largest absolute Gasteiger partial charge is 0.268 e. The Kier molecular flexibility index (Phi) is 7.01. The molecule has 5 aromatic rings. The van der Waals surface area contributed by atoms with E-state index in [-0.39, 0.29) is 23.6 Å². The Morgan fingerprint density at radius 2 is 0.739 bits per heavy atom. The van der Waals surface area contributed by atoms with Crippen molar-refractivity contribution in [3.63, 3.8) is 0 Å². The molecule has 0 atom stereocenters. The number of nitrogens with zero attached hydrogens (tertiary/aromatic N) is 2. The maximum Gasteiger partial charge on any atom is 0.266 e. The molecule has 0 fully saturated rings. The lowest BCUT2D eigenvalue weighted by molar-refractivity contribution is 0.0909. The van der Waals surface area contributed by atoms with Crippen LogP contribution in [0.2, 0.25) is 0 Å². The van der Waals surface area contributed by atoms with Crippen molar-refractivity contribution in [2.75, 3.05) is 9.80 Å². The Hall–Kier alpha value is -5.62. The first-order valence-electron chi connectivity index (χ1n) is 15.6. The van der Waals surface area contributed by atoms with Crippen molar-refractivity contribution < 1.29 is 19.2 Å². The summed E-state index contributed by atoms with van der Waals surface area (Å²) in [6, 6.07) is 30.2. The van der Waals surface area contributed by atoms with Gasteiger partial charge < -0.3 is 0 Å². The van der Waals surface area contributed by atoms with Crippen LogP contribution in [-0.2, 0) is 12.8 Å². The Balaban J connectivity index is 1.25. The second kappa shape index (κ2) is 11.1. The van der Waals surface area contributed by atoms with Crippen molar-refractivity contribution in [3.8, 4) is 22.3 Å². The summed E-state index contributed by atoms with van der Waals surface area (Å²) < 4.78 is 0. The lowest BCUT2D eigenvalue weighted by atomic mass is 9.97. The first-order chi connectivity index (χ1) is 22.2. The van der Waals surface area contributed by atoms with Crippen LogP contribution in [0.25, 0.3) is 22.3 Å². The van der Waals surface area contributed by atoms with E-state index in [2.05, 4.69) is 0 Å². The van der Waals surface area contributed by atoms with Crippen LogP contribution < -0.4 is 9.80 Å². The normalized spacial score (nSPS) is 13.9. The van der Waals surface area contributed by atoms with Crippen LogP contribution in [0.4, 0.5) is 11.4 Å². The quantitative estimate of drug-likeness (QED) is 0.183. The Morgan fingerprint density at radius 3 is 1.09 bits per heavy atom. The lowest BCUT2D eigenvalue weighted by Gasteiger charge is -2.25. The molecule has 0 radical (unpaired) electrons. The molecule has 0 unspecified atom stereocenters. The van der Waals surface area contributed by atoms with Crippen molar-refractivity contribution in [3.05, 3.63) is 142 Å². The van der Waals surface area contributed by atoms with E-state index in [1.165, 1.54) is 9.80 Å². The maximum absolute atomic E-state index is 13.9. The number of hydrogen-bond acceptors (Lipinski definition) is 4. The predicted octanol–water partition coefficient (Wildman–Crippen LogP) is 8.36. The Labute approximate surface area is 267 Å². The fraction of sp³-hybridized carbons (Fsp3) is 0.150. The summed E-state index contributed by atoms with van der Waals surface area (Å²) in [7, 11) is 0. The van der Waals surface area contributed by atoms with Gasteiger partial charge in [0, 0.05) is 0 Å². The summed E-state index contributed by atoms with van der Waals surface area (Å²) in [6.07, 6.45) is 0.990. The molecule has 6 nitrogen and oxygen atoms in total. The molecule has 46 heavy (non-hydrogen) atoms. The van der Waals surface area contributed by atoms with E-state index < -0.39 is 0 Å². The molecule has 0 spiro atoms. The molecule has 0 saturated carbocycles. The number of aryl methyl sites for hydroxylation is 2. The standard InChI is InChI=1S/C40H32N2O4/c1-5-29-30(6-2)36(42-38(44)32-18-16-28(22-34(32)40(42)46)26-13-9-24(4)10-14-26)20-19-35(29)41-37(43)31-17-15-27(21-33(31)39(41)45)25-11-7-23(3)8-12-25/h7-22H,5-6H2,1-4H3. The number of amides is 4. The topological polar surface area (TPSA) is 74.8 Å². The second-order valence-corrected chi connectivity index (χ2v) is 11.9. The predicted molar refractivity (Wildman–Crippen MR) is 181 cm³/mol. The third-order valence-electron chi connectivity index (χ3n) is 9.11. The van der Waals surface area contributed by atoms with Crippen LogP contribution in [0.5, 0.6) is 0 Å². The molecule has 2 aliphatic rings. The van der Waals surface area contributed by atoms with Gasteiger partial charge in [-0.15, -0.1) is 0 Å². The summed E-state index contributed by atoms with van der Waals surface area (Å²) in [4.78, 5) is 57.6. The van der Waals surface area contributed by atoms with E-state index in [0.29, 0.717) is 46.5 Å². The van der Waals surface area contributed by atoms with Gasteiger partial charge in [-0.1, -0.05) is 85.6 Å². The lowest BCUT2D eigenvalue weighted by Crippen LogP contribution is -2.33. The van der Waals surface area contributed by atoms with Crippen LogP contribution >= 0.6 is 0 Å². The first kappa shape index (κ1) is 29.1. The average Bonchev–Trinajstić information content (AvgIpc) is 3.47. The molecule has 4 amide bonds. The number of benzene rings is 5. The number of imide groups is 2. The van der Waals surface area contributed by atoms with Gasteiger partial charge >= 0.3 is 0 Å². The van der Waals surface area contributed by atoms with Crippen LogP contribution in [0.1, 0.15) is 77.5 Å². The maximum atomic E-state index is 13.9. The smallest absolute Gasteiger partial charge is 0.266 e. The molecule has 0 bridgehead atoms. The van der Waals surface area contributed by atoms with Gasteiger partial charge in [0.25, 0.3) is 23.6 Å². The van der Waals surface area contributed by atoms with Gasteiger partial charge in [-0.25, -0.2) is 9.80 Å². The minimum atomic E-state index is -0.386. The van der Waals surface area contributed by atoms with Crippen LogP contribution in [-0.4, -0.2) is 23.6 Å². The molecule has 2 heterocycles. The van der Waals surface area contributed by atoms with Crippen LogP contribution in [0.15, 0.2) is 97.1 Å². The molecule has 7 rings (SSSR count). The summed E-state index contributed by atoms with van der Waals surface area (Å²) in [5.74, 6) is -1.54. The highest BCUT2D eigenvalue weighted by molar-refractivity contribution is 6.36. The molecule has 6 heteroatoms. The Morgan fingerprint density at radius 1 is 0.413 bits per heavy atom. The van der Waals surface area contributed by atoms with Crippen molar-refractivity contribution in [1.82, 2.24) is 0 Å². The van der Waals surface area contributed by atoms with Crippen molar-refractivity contribution in [2.45, 2.75) is 40.5 Å². The zero-order chi connectivity index (χ0) is 32.3. The Bertz CT molecular complexity index is 1960. The van der Waals surface area contributed by atoms with Gasteiger partial charge in [-0.2, -0.15) is 0 Å². The minimum absolute atomic E-state index is 0.356. The SMILES string of the molecule is CCc1c(N2C(=O)c3ccc(-c4ccc(C)cc4)cc3C2=O)ccc(N2C(=O)c3ccc(-c4ccc(C)cc4)cc3C2=O)c1CC. The third-order valence-corrected chi connectivity index (χ3v) is 9.11. The highest BCUT2D eigenvalue weighted by Gasteiger charge is 2.41. The van der Waals surface area contributed by atoms with Gasteiger partial charge in [0.1, 0.15) is 0 Å². The minimum Gasteiger partial charge on any atom is -0.268 e. The van der Waals surface area contributed by atoms with Crippen molar-refractivity contribution in [1.29, 1.82) is 0 Å². The fourth-order valence-electron chi connectivity index (χ4n) is 6.65. The summed E-state index contributed by atoms with van der Waals surface area (Å²) in [6.45, 7) is 7.94. The summed E-state index contributed by atoms with van der Waals surface area (Å²) in [5, 5.41) is 0. The number of rotatable bonds is 6. The molecular weight excluding hydrogens is 572 g/mol. The molecule has 0 aromatic heterocycles. The average molecular weight is 605 g/mol. The molecular formula is C40H32N2O4. The van der Waals surface area contributed by atoms with Gasteiger partial charge in [0.15, 0.2) is 0 Å². The number of carbonyl (C=O) groups excluding carboxylic acids is 4. The number of hydrogen-bond donors (Lipinski definition) is 0. The van der Waals surface area contributed by atoms with E-state index in [4.69, 9.17) is 0 Å². The molecule has 2 aliphatic heterocycles. The molecule has 0 N–H and O–H groups in total. The molecule has 5 aromatic carbocycles. The zero-order valence-electron chi connectivity index (χ0n) is 26.2. The van der Waals surface area contributed by atoms with E-state index in [0.717, 1.165) is 44.5 Å². The zero-order valence-corrected chi connectivity index (χ0v) is 26.2. The number of anilines is 2. The van der Waals surface area contributed by atoms with Gasteiger partial charge in [0.2, 0.25) is 0 Å². The third kappa shape index (κ3) is 4.48. The fourth-order valence-corrected chi connectivity index (χ4v) is 6.65. The van der Waals surface area contributed by atoms with Gasteiger partial charge in [-0.05, 0) is 96.5 Å². The van der Waals surface area contributed by atoms with E-state index in [1.807, 2.05) is 88.4 Å². The molecule has 0 aliphatic carbocycles. The molecule has 0 saturated heterocycles. The van der Waals surface area contributed by atoms with E-state index >= 15 is 0 Å². The van der Waals surface area contributed by atoms with Crippen LogP contribution in [0, 0.1) is 13.8 Å². The summed E-state index contributed by atoms with van der Waals surface area (Å²) in [5.41, 5.74) is 9.81. The highest BCUT2D eigenvalue weighted by atomic mass is 16.2. The van der Waals surface area contributed by atoms with E-state index in [1.54, 1.807) is 36.4 Å². The van der Waals surface area contributed by atoms with Crippen LogP contribution in [0.3, 0.4) is 0 Å². The van der Waals surface area contributed by atoms with Gasteiger partial charge in [0.05, 0.1) is 33.6 Å². The number of fused-ring (bicyclic) bond motifs is 2. The van der Waals surface area contributed by atoms with Crippen molar-refractivity contribution >= 4 is 35.0 Å². The molecule has 226 valence electrons. The van der Waals surface area contributed by atoms with E-state index in [9.17, 15) is 19.2 Å². The highest BCUT2D eigenvalue weighted by Crippen LogP contribution is 2.40. The number of carbonyl (C=O) groups is 4. The second-order valence-electron chi connectivity index (χ2n) is 11.9. The van der Waals surface area contributed by atoms with Gasteiger partial charge in [-0.3, -0.25) is 19.2 Å². The monoisotopic (exact) mass is 604 g/mol. The van der Waals surface area contributed by atoms with Crippen molar-refractivity contribution in [2.24, 2.45) is 0 Å². The first-order valence-corrected chi connectivity index (χ1v) is 15.6.